The van der Waals surface area contributed by atoms with Crippen LogP contribution < -0.4 is 10.5 Å². The smallest absolute Gasteiger partial charge is 0.257 e. The number of carbonyl (C=O) groups is 1. The molecule has 0 spiro atoms. The molecule has 1 saturated carbocycles. The predicted octanol–water partition coefficient (Wildman–Crippen LogP) is 4.29. The highest BCUT2D eigenvalue weighted by molar-refractivity contribution is 7.91. The van der Waals surface area contributed by atoms with E-state index in [1.165, 1.54) is 24.0 Å². The number of benzene rings is 1. The largest absolute Gasteiger partial charge is 0.321 e. The number of allylic oxidation sites excluding steroid dienone is 1. The van der Waals surface area contributed by atoms with Crippen LogP contribution in [0.1, 0.15) is 64.5 Å². The first kappa shape index (κ1) is 19.4. The van der Waals surface area contributed by atoms with Gasteiger partial charge in [0, 0.05) is 10.6 Å². The first-order valence-corrected chi connectivity index (χ1v) is 11.8. The molecule has 4 rings (SSSR count). The summed E-state index contributed by atoms with van der Waals surface area (Å²) in [6.45, 7) is 7.82. The van der Waals surface area contributed by atoms with E-state index in [-0.39, 0.29) is 9.77 Å². The summed E-state index contributed by atoms with van der Waals surface area (Å²) in [6.07, 6.45) is 4.37. The lowest BCUT2D eigenvalue weighted by molar-refractivity contribution is 0.102. The highest BCUT2D eigenvalue weighted by Gasteiger charge is 2.33. The van der Waals surface area contributed by atoms with Crippen LogP contribution in [0.4, 0.5) is 5.69 Å². The number of primary sulfonamides is 1. The molecule has 0 aliphatic heterocycles. The highest BCUT2D eigenvalue weighted by atomic mass is 32.2. The van der Waals surface area contributed by atoms with Crippen molar-refractivity contribution in [2.45, 2.75) is 49.7 Å². The lowest BCUT2D eigenvalue weighted by atomic mass is 9.81. The number of carbonyl (C=O) groups excluding carboxylic acids is 1. The fourth-order valence-corrected chi connectivity index (χ4v) is 5.83. The summed E-state index contributed by atoms with van der Waals surface area (Å²) in [4.78, 5) is 13.8. The summed E-state index contributed by atoms with van der Waals surface area (Å²) < 4.78 is 23.9. The van der Waals surface area contributed by atoms with Crippen molar-refractivity contribution in [3.63, 3.8) is 0 Å². The number of hydrogen-bond donors (Lipinski definition) is 2. The van der Waals surface area contributed by atoms with Crippen LogP contribution in [-0.4, -0.2) is 14.3 Å². The Morgan fingerprint density at radius 1 is 1.32 bits per heavy atom. The molecule has 2 aliphatic rings. The number of rotatable bonds is 6. The van der Waals surface area contributed by atoms with Crippen molar-refractivity contribution in [1.82, 2.24) is 0 Å². The Kier molecular flexibility index (Phi) is 4.72. The minimum atomic E-state index is -4.00. The topological polar surface area (TPSA) is 89.3 Å². The monoisotopic (exact) mass is 416 g/mol. The first-order chi connectivity index (χ1) is 13.2. The second-order valence-electron chi connectivity index (χ2n) is 7.88. The van der Waals surface area contributed by atoms with Crippen molar-refractivity contribution in [1.29, 1.82) is 0 Å². The van der Waals surface area contributed by atoms with Gasteiger partial charge in [-0.05, 0) is 72.8 Å². The normalized spacial score (nSPS) is 16.8. The molecule has 1 atom stereocenters. The predicted molar refractivity (Wildman–Crippen MR) is 113 cm³/mol. The average molecular weight is 417 g/mol. The number of fused-ring (bicyclic) bond motifs is 1. The molecule has 1 fully saturated rings. The van der Waals surface area contributed by atoms with Gasteiger partial charge in [-0.1, -0.05) is 25.6 Å². The molecule has 7 heteroatoms. The molecule has 3 N–H and O–H groups in total. The van der Waals surface area contributed by atoms with E-state index in [1.54, 1.807) is 13.0 Å². The van der Waals surface area contributed by atoms with Crippen LogP contribution in [0, 0.1) is 5.92 Å². The lowest BCUT2D eigenvalue weighted by Crippen LogP contribution is -2.22. The molecule has 1 unspecified atom stereocenters. The van der Waals surface area contributed by atoms with E-state index < -0.39 is 15.9 Å². The quantitative estimate of drug-likeness (QED) is 0.736. The number of nitrogens with one attached hydrogen (secondary N) is 1. The molecule has 2 aromatic rings. The maximum absolute atomic E-state index is 13.1. The summed E-state index contributed by atoms with van der Waals surface area (Å²) in [5.41, 5.74) is 5.21. The molecular weight excluding hydrogens is 392 g/mol. The Balaban J connectivity index is 1.74. The van der Waals surface area contributed by atoms with Gasteiger partial charge in [-0.2, -0.15) is 0 Å². The Morgan fingerprint density at radius 2 is 2.04 bits per heavy atom. The van der Waals surface area contributed by atoms with Gasteiger partial charge in [0.2, 0.25) is 10.0 Å². The third-order valence-corrected chi connectivity index (χ3v) is 8.54. The van der Waals surface area contributed by atoms with Crippen LogP contribution >= 0.6 is 11.3 Å². The first-order valence-electron chi connectivity index (χ1n) is 9.45. The van der Waals surface area contributed by atoms with Gasteiger partial charge in [-0.3, -0.25) is 4.79 Å². The van der Waals surface area contributed by atoms with Crippen molar-refractivity contribution >= 4 is 38.5 Å². The van der Waals surface area contributed by atoms with Gasteiger partial charge in [0.15, 0.2) is 0 Å². The number of aryl methyl sites for hydroxylation is 1. The lowest BCUT2D eigenvalue weighted by Gasteiger charge is -2.27. The molecule has 0 bridgehead atoms. The van der Waals surface area contributed by atoms with E-state index in [2.05, 4.69) is 31.0 Å². The van der Waals surface area contributed by atoms with Crippen molar-refractivity contribution < 1.29 is 13.2 Å². The van der Waals surface area contributed by atoms with Gasteiger partial charge in [0.1, 0.15) is 4.21 Å². The molecule has 148 valence electrons. The van der Waals surface area contributed by atoms with Crippen molar-refractivity contribution in [3.8, 4) is 0 Å². The van der Waals surface area contributed by atoms with Gasteiger partial charge in [0.25, 0.3) is 5.91 Å². The van der Waals surface area contributed by atoms with Crippen LogP contribution in [0.25, 0.3) is 5.57 Å². The third kappa shape index (κ3) is 3.43. The average Bonchev–Trinajstić information content (AvgIpc) is 3.31. The highest BCUT2D eigenvalue weighted by Crippen LogP contribution is 2.47. The Morgan fingerprint density at radius 3 is 2.57 bits per heavy atom. The van der Waals surface area contributed by atoms with Crippen LogP contribution in [0.5, 0.6) is 0 Å². The molecule has 1 heterocycles. The Hall–Kier alpha value is -1.96. The van der Waals surface area contributed by atoms with Gasteiger partial charge < -0.3 is 5.32 Å². The minimum absolute atomic E-state index is 0.0902. The fourth-order valence-electron chi connectivity index (χ4n) is 3.82. The second kappa shape index (κ2) is 6.83. The molecule has 1 amide bonds. The number of nitrogens with two attached hydrogens (primary N) is 1. The van der Waals surface area contributed by atoms with Crippen molar-refractivity contribution in [2.75, 3.05) is 5.32 Å². The summed E-state index contributed by atoms with van der Waals surface area (Å²) >= 11 is 0.987. The summed E-state index contributed by atoms with van der Waals surface area (Å²) in [7, 11) is -4.00. The Labute approximate surface area is 169 Å². The SMILES string of the molecule is C=C(C)c1cc(C(=O)Nc2c(C(C)C3CC3)ccc3c2CC3)c(S(N)(=O)=O)s1. The number of sulfonamides is 1. The second-order valence-corrected chi connectivity index (χ2v) is 10.7. The molecule has 1 aromatic carbocycles. The summed E-state index contributed by atoms with van der Waals surface area (Å²) in [5.74, 6) is 0.592. The molecular formula is C21H24N2O3S2. The number of thiophene rings is 1. The van der Waals surface area contributed by atoms with E-state index in [9.17, 15) is 13.2 Å². The number of anilines is 1. The van der Waals surface area contributed by atoms with Crippen LogP contribution in [0.3, 0.4) is 0 Å². The standard InChI is InChI=1S/C21H24N2O3S2/c1-11(2)18-10-17(21(27-18)28(22,25)26)20(24)23-19-15(12(3)13-4-5-13)8-6-14-7-9-16(14)19/h6,8,10,12-13H,1,4-5,7,9H2,2-3H3,(H,23,24)(H2,22,25,26). The zero-order valence-corrected chi connectivity index (χ0v) is 17.7. The van der Waals surface area contributed by atoms with Gasteiger partial charge in [0.05, 0.1) is 5.56 Å². The molecule has 5 nitrogen and oxygen atoms in total. The third-order valence-electron chi connectivity index (χ3n) is 5.77. The van der Waals surface area contributed by atoms with Crippen molar-refractivity contribution in [2.24, 2.45) is 11.1 Å². The minimum Gasteiger partial charge on any atom is -0.321 e. The summed E-state index contributed by atoms with van der Waals surface area (Å²) in [6, 6.07) is 5.84. The molecule has 0 saturated heterocycles. The van der Waals surface area contributed by atoms with E-state index in [0.29, 0.717) is 22.3 Å². The van der Waals surface area contributed by atoms with Crippen LogP contribution in [-0.2, 0) is 22.9 Å². The van der Waals surface area contributed by atoms with E-state index >= 15 is 0 Å². The van der Waals surface area contributed by atoms with Crippen LogP contribution in [0.2, 0.25) is 0 Å². The zero-order valence-electron chi connectivity index (χ0n) is 16.0. The summed E-state index contributed by atoms with van der Waals surface area (Å²) in [5, 5.41) is 8.40. The van der Waals surface area contributed by atoms with Gasteiger partial charge in [-0.15, -0.1) is 11.3 Å². The maximum Gasteiger partial charge on any atom is 0.257 e. The van der Waals surface area contributed by atoms with Crippen LogP contribution in [0.15, 0.2) is 29.0 Å². The molecule has 1 aromatic heterocycles. The van der Waals surface area contributed by atoms with E-state index in [0.717, 1.165) is 35.4 Å². The fraction of sp³-hybridized carbons (Fsp3) is 0.381. The zero-order chi connectivity index (χ0) is 20.2. The Bertz CT molecular complexity index is 1100. The van der Waals surface area contributed by atoms with Crippen molar-refractivity contribution in [3.05, 3.63) is 51.9 Å². The number of amides is 1. The number of hydrogen-bond acceptors (Lipinski definition) is 4. The molecule has 2 aliphatic carbocycles. The van der Waals surface area contributed by atoms with Gasteiger partial charge in [-0.25, -0.2) is 13.6 Å². The van der Waals surface area contributed by atoms with Gasteiger partial charge >= 0.3 is 0 Å². The molecule has 0 radical (unpaired) electrons. The van der Waals surface area contributed by atoms with E-state index in [1.807, 2.05) is 0 Å². The molecule has 28 heavy (non-hydrogen) atoms. The maximum atomic E-state index is 13.1. The van der Waals surface area contributed by atoms with E-state index in [4.69, 9.17) is 5.14 Å².